The Morgan fingerprint density at radius 2 is 0.605 bits per heavy atom. The van der Waals surface area contributed by atoms with Gasteiger partial charge in [-0.15, -0.1) is 0 Å². The molecule has 0 saturated carbocycles. The lowest BCUT2D eigenvalue weighted by Gasteiger charge is -2.11. The minimum Gasteiger partial charge on any atom is -0.265 e. The molecule has 0 spiro atoms. The Labute approximate surface area is 257 Å². The van der Waals surface area contributed by atoms with E-state index in [4.69, 9.17) is 15.0 Å². The molecule has 7 aromatic rings. The fourth-order valence-corrected chi connectivity index (χ4v) is 5.40. The number of aromatic nitrogens is 6. The fourth-order valence-electron chi connectivity index (χ4n) is 4.91. The second-order valence-electron chi connectivity index (χ2n) is 9.90. The van der Waals surface area contributed by atoms with Crippen molar-refractivity contribution in [2.45, 2.75) is 0 Å². The van der Waals surface area contributed by atoms with Gasteiger partial charge in [-0.3, -0.25) is 15.0 Å². The first-order valence-electron chi connectivity index (χ1n) is 13.7. The Hall–Kier alpha value is -5.40. The summed E-state index contributed by atoms with van der Waals surface area (Å²) in [7, 11) is 0. The number of nitrogens with zero attached hydrogens (tertiary/aromatic N) is 6. The van der Waals surface area contributed by atoms with E-state index in [1.165, 1.54) is 0 Å². The van der Waals surface area contributed by atoms with Gasteiger partial charge in [0.05, 0.1) is 0 Å². The summed E-state index contributed by atoms with van der Waals surface area (Å²) in [5.74, 6) is 1.79. The summed E-state index contributed by atoms with van der Waals surface area (Å²) in [6, 6.07) is 34.7. The van der Waals surface area contributed by atoms with Crippen molar-refractivity contribution in [3.63, 3.8) is 0 Å². The molecule has 0 saturated heterocycles. The largest absolute Gasteiger partial charge is 0.265 e. The first-order valence-corrected chi connectivity index (χ1v) is 14.5. The van der Waals surface area contributed by atoms with E-state index in [1.807, 2.05) is 42.5 Å². The molecular weight excluding hydrogens is 596 g/mol. The van der Waals surface area contributed by atoms with Crippen LogP contribution in [0.3, 0.4) is 0 Å². The minimum absolute atomic E-state index is 0.591. The van der Waals surface area contributed by atoms with Gasteiger partial charge in [0.2, 0.25) is 0 Å². The van der Waals surface area contributed by atoms with Crippen LogP contribution >= 0.6 is 15.9 Å². The Bertz CT molecular complexity index is 1900. The highest BCUT2D eigenvalue weighted by Crippen LogP contribution is 2.32. The first kappa shape index (κ1) is 26.5. The molecule has 4 aromatic heterocycles. The van der Waals surface area contributed by atoms with Crippen LogP contribution in [-0.4, -0.2) is 29.9 Å². The zero-order chi connectivity index (χ0) is 29.0. The summed E-state index contributed by atoms with van der Waals surface area (Å²) in [5, 5.41) is 0. The van der Waals surface area contributed by atoms with E-state index in [9.17, 15) is 0 Å². The molecule has 0 fully saturated rings. The van der Waals surface area contributed by atoms with Crippen LogP contribution in [0.5, 0.6) is 0 Å². The van der Waals surface area contributed by atoms with Crippen LogP contribution in [-0.2, 0) is 0 Å². The molecule has 7 rings (SSSR count). The molecule has 7 heteroatoms. The predicted octanol–water partition coefficient (Wildman–Crippen LogP) is 8.82. The molecule has 0 aliphatic carbocycles. The fraction of sp³-hybridized carbons (Fsp3) is 0. The topological polar surface area (TPSA) is 77.3 Å². The van der Waals surface area contributed by atoms with E-state index in [-0.39, 0.29) is 0 Å². The third kappa shape index (κ3) is 5.84. The zero-order valence-electron chi connectivity index (χ0n) is 22.8. The van der Waals surface area contributed by atoms with Gasteiger partial charge in [-0.05, 0) is 88.0 Å². The van der Waals surface area contributed by atoms with Crippen LogP contribution in [0.15, 0.2) is 145 Å². The lowest BCUT2D eigenvalue weighted by Crippen LogP contribution is -2.00. The minimum atomic E-state index is 0.591. The summed E-state index contributed by atoms with van der Waals surface area (Å²) in [6.45, 7) is 0. The number of halogens is 1. The first-order chi connectivity index (χ1) is 21.2. The molecule has 0 radical (unpaired) electrons. The molecule has 43 heavy (non-hydrogen) atoms. The maximum Gasteiger partial charge on any atom is 0.164 e. The van der Waals surface area contributed by atoms with Crippen molar-refractivity contribution >= 4 is 15.9 Å². The van der Waals surface area contributed by atoms with Crippen LogP contribution in [0.2, 0.25) is 0 Å². The van der Waals surface area contributed by atoms with Crippen molar-refractivity contribution in [3.8, 4) is 67.5 Å². The third-order valence-corrected chi connectivity index (χ3v) is 7.58. The van der Waals surface area contributed by atoms with Crippen molar-refractivity contribution in [2.75, 3.05) is 0 Å². The standard InChI is InChI=1S/C36H23BrN6/c37-33-22-31(28-13-19-40-20-14-28)21-32(23-33)36-42-34(29-5-1-24(2-6-29)26-9-15-38-16-10-26)41-35(43-36)30-7-3-25(4-8-30)27-11-17-39-18-12-27/h1-23H. The van der Waals surface area contributed by atoms with E-state index in [2.05, 4.69) is 91.5 Å². The van der Waals surface area contributed by atoms with Crippen molar-refractivity contribution in [3.05, 3.63) is 145 Å². The molecular formula is C36H23BrN6. The van der Waals surface area contributed by atoms with Crippen molar-refractivity contribution < 1.29 is 0 Å². The Kier molecular flexibility index (Phi) is 7.29. The van der Waals surface area contributed by atoms with Crippen LogP contribution in [0.25, 0.3) is 67.5 Å². The number of benzene rings is 3. The number of rotatable bonds is 6. The van der Waals surface area contributed by atoms with Gasteiger partial charge in [0.25, 0.3) is 0 Å². The highest BCUT2D eigenvalue weighted by Gasteiger charge is 2.14. The summed E-state index contributed by atoms with van der Waals surface area (Å²) in [6.07, 6.45) is 10.8. The van der Waals surface area contributed by atoms with Crippen molar-refractivity contribution in [1.82, 2.24) is 29.9 Å². The van der Waals surface area contributed by atoms with E-state index in [1.54, 1.807) is 37.2 Å². The molecule has 0 aliphatic heterocycles. The normalized spacial score (nSPS) is 10.9. The van der Waals surface area contributed by atoms with Gasteiger partial charge in [-0.1, -0.05) is 64.5 Å². The number of hydrogen-bond donors (Lipinski definition) is 0. The second-order valence-corrected chi connectivity index (χ2v) is 10.8. The van der Waals surface area contributed by atoms with Gasteiger partial charge in [0.1, 0.15) is 0 Å². The maximum atomic E-state index is 4.97. The molecule has 0 amide bonds. The molecule has 4 heterocycles. The molecule has 0 bridgehead atoms. The summed E-state index contributed by atoms with van der Waals surface area (Å²) in [5.41, 5.74) is 9.19. The summed E-state index contributed by atoms with van der Waals surface area (Å²) < 4.78 is 0.934. The third-order valence-electron chi connectivity index (χ3n) is 7.12. The van der Waals surface area contributed by atoms with Crippen LogP contribution in [0.4, 0.5) is 0 Å². The Balaban J connectivity index is 1.34. The van der Waals surface area contributed by atoms with Crippen molar-refractivity contribution in [2.24, 2.45) is 0 Å². The SMILES string of the molecule is Brc1cc(-c2ccncc2)cc(-c2nc(-c3ccc(-c4ccncc4)cc3)nc(-c3ccc(-c4ccncc4)cc3)n2)c1. The number of pyridine rings is 3. The van der Waals surface area contributed by atoms with Crippen molar-refractivity contribution in [1.29, 1.82) is 0 Å². The van der Waals surface area contributed by atoms with Gasteiger partial charge in [0, 0.05) is 58.3 Å². The van der Waals surface area contributed by atoms with E-state index in [0.717, 1.165) is 54.5 Å². The van der Waals surface area contributed by atoms with Crippen LogP contribution in [0.1, 0.15) is 0 Å². The molecule has 0 N–H and O–H groups in total. The predicted molar refractivity (Wildman–Crippen MR) is 174 cm³/mol. The lowest BCUT2D eigenvalue weighted by atomic mass is 10.0. The quantitative estimate of drug-likeness (QED) is 0.185. The number of hydrogen-bond acceptors (Lipinski definition) is 6. The smallest absolute Gasteiger partial charge is 0.164 e. The van der Waals surface area contributed by atoms with E-state index >= 15 is 0 Å². The molecule has 204 valence electrons. The average molecular weight is 620 g/mol. The van der Waals surface area contributed by atoms with Gasteiger partial charge in [-0.25, -0.2) is 15.0 Å². The summed E-state index contributed by atoms with van der Waals surface area (Å²) >= 11 is 3.70. The van der Waals surface area contributed by atoms with Gasteiger partial charge in [-0.2, -0.15) is 0 Å². The zero-order valence-corrected chi connectivity index (χ0v) is 24.4. The monoisotopic (exact) mass is 618 g/mol. The maximum absolute atomic E-state index is 4.97. The van der Waals surface area contributed by atoms with Gasteiger partial charge < -0.3 is 0 Å². The highest BCUT2D eigenvalue weighted by atomic mass is 79.9. The average Bonchev–Trinajstić information content (AvgIpc) is 3.09. The molecule has 6 nitrogen and oxygen atoms in total. The Morgan fingerprint density at radius 1 is 0.302 bits per heavy atom. The summed E-state index contributed by atoms with van der Waals surface area (Å²) in [4.78, 5) is 27.3. The van der Waals surface area contributed by atoms with Crippen LogP contribution in [0, 0.1) is 0 Å². The van der Waals surface area contributed by atoms with E-state index in [0.29, 0.717) is 17.5 Å². The molecule has 0 unspecified atom stereocenters. The molecule has 3 aromatic carbocycles. The lowest BCUT2D eigenvalue weighted by molar-refractivity contribution is 1.07. The van der Waals surface area contributed by atoms with E-state index < -0.39 is 0 Å². The highest BCUT2D eigenvalue weighted by molar-refractivity contribution is 9.10. The molecule has 0 aliphatic rings. The molecule has 0 atom stereocenters. The van der Waals surface area contributed by atoms with Crippen LogP contribution < -0.4 is 0 Å². The van der Waals surface area contributed by atoms with Gasteiger partial charge >= 0.3 is 0 Å². The van der Waals surface area contributed by atoms with Gasteiger partial charge in [0.15, 0.2) is 17.5 Å². The second kappa shape index (κ2) is 11.8. The Morgan fingerprint density at radius 3 is 1.02 bits per heavy atom.